The van der Waals surface area contributed by atoms with Crippen LogP contribution in [-0.4, -0.2) is 15.2 Å². The third kappa shape index (κ3) is 0.990. The van der Waals surface area contributed by atoms with Gasteiger partial charge in [0.2, 0.25) is 0 Å². The molecule has 4 heteroatoms. The van der Waals surface area contributed by atoms with Crippen molar-refractivity contribution in [1.82, 2.24) is 15.2 Å². The van der Waals surface area contributed by atoms with E-state index in [1.165, 1.54) is 0 Å². The molecule has 4 aromatic rings. The van der Waals surface area contributed by atoms with E-state index in [-0.39, 0.29) is 0 Å². The van der Waals surface area contributed by atoms with Gasteiger partial charge in [0.25, 0.3) is 0 Å². The molecule has 0 amide bonds. The molecule has 2 aromatic heterocycles. The van der Waals surface area contributed by atoms with Crippen molar-refractivity contribution in [1.29, 1.82) is 0 Å². The summed E-state index contributed by atoms with van der Waals surface area (Å²) in [5.41, 5.74) is 9.63. The second kappa shape index (κ2) is 2.79. The van der Waals surface area contributed by atoms with Crippen molar-refractivity contribution in [2.75, 3.05) is 5.73 Å². The van der Waals surface area contributed by atoms with Crippen LogP contribution < -0.4 is 5.73 Å². The van der Waals surface area contributed by atoms with Gasteiger partial charge in [0, 0.05) is 22.4 Å². The third-order valence-corrected chi connectivity index (χ3v) is 3.20. The SMILES string of the molecule is Nc1cc2[nH][nH]cc2c2c1nc1ccccc12. The van der Waals surface area contributed by atoms with Crippen LogP contribution in [-0.2, 0) is 0 Å². The molecule has 4 nitrogen and oxygen atoms in total. The molecule has 4 rings (SSSR count). The first kappa shape index (κ1) is 8.64. The van der Waals surface area contributed by atoms with Crippen LogP contribution in [0.25, 0.3) is 32.7 Å². The molecule has 0 aliphatic carbocycles. The van der Waals surface area contributed by atoms with Gasteiger partial charge in [-0.15, -0.1) is 0 Å². The molecule has 82 valence electrons. The highest BCUT2D eigenvalue weighted by Gasteiger charge is 2.12. The predicted molar refractivity (Wildman–Crippen MR) is 69.9 cm³/mol. The van der Waals surface area contributed by atoms with Crippen LogP contribution in [0.4, 0.5) is 5.69 Å². The van der Waals surface area contributed by atoms with Crippen molar-refractivity contribution < 1.29 is 0 Å². The van der Waals surface area contributed by atoms with E-state index < -0.39 is 0 Å². The third-order valence-electron chi connectivity index (χ3n) is 3.20. The maximum Gasteiger partial charge on any atom is 0.0953 e. The Labute approximate surface area is 96.4 Å². The Kier molecular flexibility index (Phi) is 1.42. The van der Waals surface area contributed by atoms with E-state index >= 15 is 0 Å². The van der Waals surface area contributed by atoms with Crippen LogP contribution >= 0.6 is 0 Å². The van der Waals surface area contributed by atoms with Crippen molar-refractivity contribution in [2.24, 2.45) is 0 Å². The van der Waals surface area contributed by atoms with Gasteiger partial charge in [0.05, 0.1) is 22.2 Å². The van der Waals surface area contributed by atoms with E-state index in [1.807, 2.05) is 30.5 Å². The summed E-state index contributed by atoms with van der Waals surface area (Å²) in [6.07, 6.45) is 1.95. The van der Waals surface area contributed by atoms with Crippen LogP contribution in [0.15, 0.2) is 36.5 Å². The Morgan fingerprint density at radius 1 is 1.12 bits per heavy atom. The first-order valence-corrected chi connectivity index (χ1v) is 5.47. The summed E-state index contributed by atoms with van der Waals surface area (Å²) in [7, 11) is 0. The zero-order chi connectivity index (χ0) is 11.4. The van der Waals surface area contributed by atoms with Gasteiger partial charge in [-0.25, -0.2) is 4.98 Å². The Balaban J connectivity index is 2.43. The number of hydrogen-bond donors (Lipinski definition) is 3. The molecule has 0 aliphatic rings. The van der Waals surface area contributed by atoms with E-state index in [4.69, 9.17) is 5.73 Å². The van der Waals surface area contributed by atoms with Crippen molar-refractivity contribution in [3.8, 4) is 0 Å². The van der Waals surface area contributed by atoms with Crippen LogP contribution in [0.1, 0.15) is 0 Å². The number of aromatic amines is 2. The number of hydrogen-bond acceptors (Lipinski definition) is 2. The van der Waals surface area contributed by atoms with Crippen LogP contribution in [0, 0.1) is 0 Å². The topological polar surface area (TPSA) is 70.5 Å². The maximum absolute atomic E-state index is 6.05. The lowest BCUT2D eigenvalue weighted by atomic mass is 10.1. The summed E-state index contributed by atoms with van der Waals surface area (Å²) in [5, 5.41) is 9.47. The van der Waals surface area contributed by atoms with Gasteiger partial charge >= 0.3 is 0 Å². The number of rotatable bonds is 0. The second-order valence-corrected chi connectivity index (χ2v) is 4.19. The standard InChI is InChI=1S/C13H10N4/c14-9-5-11-8(6-15-17-11)12-7-3-1-2-4-10(7)16-13(9)12/h1-6,15,17H,14H2. The Morgan fingerprint density at radius 3 is 2.94 bits per heavy atom. The molecule has 0 fully saturated rings. The van der Waals surface area contributed by atoms with E-state index in [2.05, 4.69) is 21.2 Å². The first-order chi connectivity index (χ1) is 8.34. The molecule has 0 unspecified atom stereocenters. The lowest BCUT2D eigenvalue weighted by Crippen LogP contribution is -1.86. The smallest absolute Gasteiger partial charge is 0.0953 e. The Morgan fingerprint density at radius 2 is 2.00 bits per heavy atom. The van der Waals surface area contributed by atoms with Gasteiger partial charge < -0.3 is 15.9 Å². The number of fused-ring (bicyclic) bond motifs is 5. The van der Waals surface area contributed by atoms with Gasteiger partial charge in [-0.2, -0.15) is 0 Å². The van der Waals surface area contributed by atoms with Crippen molar-refractivity contribution in [2.45, 2.75) is 0 Å². The number of nitrogens with one attached hydrogen (secondary N) is 2. The van der Waals surface area contributed by atoms with Gasteiger partial charge in [0.15, 0.2) is 0 Å². The quantitative estimate of drug-likeness (QED) is 0.400. The molecule has 0 bridgehead atoms. The Bertz CT molecular complexity index is 854. The number of nitrogens with zero attached hydrogens (tertiary/aromatic N) is 1. The molecule has 17 heavy (non-hydrogen) atoms. The zero-order valence-corrected chi connectivity index (χ0v) is 8.99. The summed E-state index contributed by atoms with van der Waals surface area (Å²) in [4.78, 5) is 4.59. The van der Waals surface area contributed by atoms with Crippen molar-refractivity contribution in [3.05, 3.63) is 36.5 Å². The average molecular weight is 222 g/mol. The largest absolute Gasteiger partial charge is 0.397 e. The fourth-order valence-corrected chi connectivity index (χ4v) is 2.44. The molecular formula is C13H10N4. The summed E-state index contributed by atoms with van der Waals surface area (Å²) >= 11 is 0. The number of nitrogen functional groups attached to an aromatic ring is 1. The van der Waals surface area contributed by atoms with Crippen molar-refractivity contribution >= 4 is 38.4 Å². The van der Waals surface area contributed by atoms with Gasteiger partial charge in [-0.3, -0.25) is 0 Å². The minimum Gasteiger partial charge on any atom is -0.397 e. The van der Waals surface area contributed by atoms with E-state index in [0.717, 1.165) is 32.7 Å². The monoisotopic (exact) mass is 222 g/mol. The maximum atomic E-state index is 6.05. The molecule has 0 atom stereocenters. The molecule has 0 spiro atoms. The van der Waals surface area contributed by atoms with Gasteiger partial charge in [0.1, 0.15) is 0 Å². The minimum atomic E-state index is 0.708. The fourth-order valence-electron chi connectivity index (χ4n) is 2.44. The number of nitrogens with two attached hydrogens (primary N) is 1. The number of benzene rings is 2. The number of aromatic nitrogens is 3. The van der Waals surface area contributed by atoms with E-state index in [1.54, 1.807) is 0 Å². The molecule has 0 saturated carbocycles. The van der Waals surface area contributed by atoms with Gasteiger partial charge in [-0.05, 0) is 12.1 Å². The highest BCUT2D eigenvalue weighted by atomic mass is 15.1. The summed E-state index contributed by atoms with van der Waals surface area (Å²) in [6, 6.07) is 10.0. The second-order valence-electron chi connectivity index (χ2n) is 4.19. The predicted octanol–water partition coefficient (Wildman–Crippen LogP) is 2.78. The fraction of sp³-hybridized carbons (Fsp3) is 0. The lowest BCUT2D eigenvalue weighted by Gasteiger charge is -1.97. The molecule has 0 radical (unpaired) electrons. The zero-order valence-electron chi connectivity index (χ0n) is 8.99. The molecular weight excluding hydrogens is 212 g/mol. The molecule has 4 N–H and O–H groups in total. The normalized spacial score (nSPS) is 11.8. The molecule has 2 heterocycles. The lowest BCUT2D eigenvalue weighted by molar-refractivity contribution is 1.12. The molecule has 2 aromatic carbocycles. The van der Waals surface area contributed by atoms with E-state index in [0.29, 0.717) is 5.69 Å². The van der Waals surface area contributed by atoms with Crippen LogP contribution in [0.2, 0.25) is 0 Å². The number of para-hydroxylation sites is 1. The van der Waals surface area contributed by atoms with E-state index in [9.17, 15) is 0 Å². The minimum absolute atomic E-state index is 0.708. The number of H-pyrrole nitrogens is 2. The van der Waals surface area contributed by atoms with Crippen LogP contribution in [0.5, 0.6) is 0 Å². The Hall–Kier alpha value is -2.49. The molecule has 0 aliphatic heterocycles. The van der Waals surface area contributed by atoms with Gasteiger partial charge in [-0.1, -0.05) is 18.2 Å². The highest BCUT2D eigenvalue weighted by Crippen LogP contribution is 2.34. The summed E-state index contributed by atoms with van der Waals surface area (Å²) in [5.74, 6) is 0. The average Bonchev–Trinajstić information content (AvgIpc) is 2.91. The van der Waals surface area contributed by atoms with Crippen molar-refractivity contribution in [3.63, 3.8) is 0 Å². The van der Waals surface area contributed by atoms with Crippen LogP contribution in [0.3, 0.4) is 0 Å². The number of anilines is 1. The summed E-state index contributed by atoms with van der Waals surface area (Å²) < 4.78 is 0. The molecule has 0 saturated heterocycles. The summed E-state index contributed by atoms with van der Waals surface area (Å²) in [6.45, 7) is 0. The first-order valence-electron chi connectivity index (χ1n) is 5.47. The highest BCUT2D eigenvalue weighted by molar-refractivity contribution is 6.22.